The molecule has 21 heavy (non-hydrogen) atoms. The van der Waals surface area contributed by atoms with Gasteiger partial charge in [0.05, 0.1) is 6.04 Å². The third-order valence-corrected chi connectivity index (χ3v) is 3.46. The van der Waals surface area contributed by atoms with Crippen LogP contribution in [0.25, 0.3) is 0 Å². The highest BCUT2D eigenvalue weighted by atomic mass is 19.4. The molecular formula is C16H16F3NO. The Labute approximate surface area is 121 Å². The lowest BCUT2D eigenvalue weighted by Gasteiger charge is -2.20. The summed E-state index contributed by atoms with van der Waals surface area (Å²) in [6, 6.07) is 10.9. The fraction of sp³-hybridized carbons (Fsp3) is 0.250. The lowest BCUT2D eigenvalue weighted by Crippen LogP contribution is -2.21. The molecule has 5 heteroatoms. The van der Waals surface area contributed by atoms with E-state index in [1.54, 1.807) is 12.1 Å². The van der Waals surface area contributed by atoms with Crippen molar-refractivity contribution < 1.29 is 17.9 Å². The monoisotopic (exact) mass is 295 g/mol. The van der Waals surface area contributed by atoms with Crippen LogP contribution in [-0.2, 0) is 0 Å². The van der Waals surface area contributed by atoms with Crippen molar-refractivity contribution in [3.63, 3.8) is 0 Å². The lowest BCUT2D eigenvalue weighted by molar-refractivity contribution is -0.274. The summed E-state index contributed by atoms with van der Waals surface area (Å²) in [7, 11) is 0. The van der Waals surface area contributed by atoms with E-state index in [0.29, 0.717) is 5.56 Å². The molecule has 112 valence electrons. The van der Waals surface area contributed by atoms with E-state index in [2.05, 4.69) is 4.74 Å². The van der Waals surface area contributed by atoms with Crippen LogP contribution in [0.4, 0.5) is 13.2 Å². The van der Waals surface area contributed by atoms with Crippen molar-refractivity contribution >= 4 is 0 Å². The summed E-state index contributed by atoms with van der Waals surface area (Å²) in [4.78, 5) is 0. The van der Waals surface area contributed by atoms with Gasteiger partial charge in [-0.15, -0.1) is 13.2 Å². The third-order valence-electron chi connectivity index (χ3n) is 3.46. The zero-order valence-corrected chi connectivity index (χ0v) is 11.7. The Balaban J connectivity index is 2.44. The first-order valence-electron chi connectivity index (χ1n) is 6.46. The summed E-state index contributed by atoms with van der Waals surface area (Å²) < 4.78 is 41.5. The maximum Gasteiger partial charge on any atom is 0.573 e. The Morgan fingerprint density at radius 3 is 2.24 bits per heavy atom. The first-order valence-corrected chi connectivity index (χ1v) is 6.46. The number of hydrogen-bond donors (Lipinski definition) is 1. The van der Waals surface area contributed by atoms with Crippen molar-refractivity contribution in [2.75, 3.05) is 0 Å². The van der Waals surface area contributed by atoms with Gasteiger partial charge >= 0.3 is 6.36 Å². The average molecular weight is 295 g/mol. The van der Waals surface area contributed by atoms with Crippen molar-refractivity contribution in [1.29, 1.82) is 0 Å². The first-order chi connectivity index (χ1) is 9.79. The number of nitrogens with two attached hydrogens (primary N) is 1. The number of hydrogen-bond acceptors (Lipinski definition) is 2. The van der Waals surface area contributed by atoms with Crippen molar-refractivity contribution in [3.05, 3.63) is 64.7 Å². The number of aryl methyl sites for hydroxylation is 1. The molecule has 1 unspecified atom stereocenters. The first kappa shape index (κ1) is 15.4. The molecule has 2 N–H and O–H groups in total. The molecule has 0 heterocycles. The average Bonchev–Trinajstić information content (AvgIpc) is 2.40. The standard InChI is InChI=1S/C16H16F3NO/c1-10-6-5-8-12(11(10)2)15(20)13-7-3-4-9-14(13)21-16(17,18)19/h3-9,15H,20H2,1-2H3. The van der Waals surface area contributed by atoms with Gasteiger partial charge in [0.1, 0.15) is 5.75 Å². The highest BCUT2D eigenvalue weighted by molar-refractivity contribution is 5.45. The van der Waals surface area contributed by atoms with Gasteiger partial charge in [-0.05, 0) is 36.6 Å². The molecule has 0 bridgehead atoms. The molecule has 0 aliphatic carbocycles. The minimum Gasteiger partial charge on any atom is -0.405 e. The van der Waals surface area contributed by atoms with Gasteiger partial charge in [0, 0.05) is 5.56 Å². The minimum absolute atomic E-state index is 0.265. The summed E-state index contributed by atoms with van der Waals surface area (Å²) in [6.07, 6.45) is -4.74. The Bertz CT molecular complexity index is 638. The molecule has 0 amide bonds. The number of ether oxygens (including phenoxy) is 1. The topological polar surface area (TPSA) is 35.2 Å². The van der Waals surface area contributed by atoms with Crippen molar-refractivity contribution in [2.24, 2.45) is 5.73 Å². The Morgan fingerprint density at radius 2 is 1.57 bits per heavy atom. The van der Waals surface area contributed by atoms with Crippen LogP contribution in [0.5, 0.6) is 5.75 Å². The van der Waals surface area contributed by atoms with E-state index in [-0.39, 0.29) is 5.75 Å². The highest BCUT2D eigenvalue weighted by Gasteiger charge is 2.32. The zero-order valence-electron chi connectivity index (χ0n) is 11.7. The Kier molecular flexibility index (Phi) is 4.23. The predicted molar refractivity (Wildman–Crippen MR) is 75.1 cm³/mol. The molecule has 1 atom stereocenters. The van der Waals surface area contributed by atoms with Gasteiger partial charge in [0.25, 0.3) is 0 Å². The lowest BCUT2D eigenvalue weighted by atomic mass is 9.93. The number of rotatable bonds is 3. The van der Waals surface area contributed by atoms with Gasteiger partial charge in [-0.2, -0.15) is 0 Å². The van der Waals surface area contributed by atoms with Gasteiger partial charge in [0.15, 0.2) is 0 Å². The molecule has 2 aromatic rings. The van der Waals surface area contributed by atoms with Crippen molar-refractivity contribution in [1.82, 2.24) is 0 Å². The summed E-state index contributed by atoms with van der Waals surface area (Å²) >= 11 is 0. The van der Waals surface area contributed by atoms with Gasteiger partial charge in [-0.1, -0.05) is 36.4 Å². The maximum absolute atomic E-state index is 12.5. The van der Waals surface area contributed by atoms with Crippen LogP contribution in [0, 0.1) is 13.8 Å². The van der Waals surface area contributed by atoms with E-state index >= 15 is 0 Å². The molecule has 0 radical (unpaired) electrons. The third kappa shape index (κ3) is 3.55. The van der Waals surface area contributed by atoms with E-state index in [1.165, 1.54) is 12.1 Å². The van der Waals surface area contributed by atoms with Crippen LogP contribution >= 0.6 is 0 Å². The summed E-state index contributed by atoms with van der Waals surface area (Å²) in [5.74, 6) is -0.265. The summed E-state index contributed by atoms with van der Waals surface area (Å²) in [5, 5.41) is 0. The number of benzene rings is 2. The van der Waals surface area contributed by atoms with Gasteiger partial charge in [-0.25, -0.2) is 0 Å². The van der Waals surface area contributed by atoms with E-state index < -0.39 is 12.4 Å². The largest absolute Gasteiger partial charge is 0.573 e. The number of alkyl halides is 3. The predicted octanol–water partition coefficient (Wildman–Crippen LogP) is 4.25. The van der Waals surface area contributed by atoms with Crippen molar-refractivity contribution in [2.45, 2.75) is 26.3 Å². The molecular weight excluding hydrogens is 279 g/mol. The smallest absolute Gasteiger partial charge is 0.405 e. The van der Waals surface area contributed by atoms with Gasteiger partial charge in [-0.3, -0.25) is 0 Å². The maximum atomic E-state index is 12.5. The highest BCUT2D eigenvalue weighted by Crippen LogP contribution is 2.33. The van der Waals surface area contributed by atoms with Crippen LogP contribution < -0.4 is 10.5 Å². The molecule has 2 nitrogen and oxygen atoms in total. The Hall–Kier alpha value is -2.01. The molecule has 0 saturated heterocycles. The fourth-order valence-corrected chi connectivity index (χ4v) is 2.23. The van der Waals surface area contributed by atoms with Gasteiger partial charge < -0.3 is 10.5 Å². The zero-order chi connectivity index (χ0) is 15.6. The minimum atomic E-state index is -4.74. The van der Waals surface area contributed by atoms with Gasteiger partial charge in [0.2, 0.25) is 0 Å². The normalized spacial score (nSPS) is 13.0. The molecule has 0 spiro atoms. The fourth-order valence-electron chi connectivity index (χ4n) is 2.23. The van der Waals surface area contributed by atoms with E-state index in [1.807, 2.05) is 32.0 Å². The SMILES string of the molecule is Cc1cccc(C(N)c2ccccc2OC(F)(F)F)c1C. The van der Waals surface area contributed by atoms with Crippen LogP contribution in [-0.4, -0.2) is 6.36 Å². The van der Waals surface area contributed by atoms with Crippen LogP contribution in [0.3, 0.4) is 0 Å². The van der Waals surface area contributed by atoms with Crippen LogP contribution in [0.1, 0.15) is 28.3 Å². The van der Waals surface area contributed by atoms with Crippen molar-refractivity contribution in [3.8, 4) is 5.75 Å². The van der Waals surface area contributed by atoms with E-state index in [0.717, 1.165) is 16.7 Å². The van der Waals surface area contributed by atoms with Crippen LogP contribution in [0.15, 0.2) is 42.5 Å². The molecule has 2 rings (SSSR count). The second-order valence-electron chi connectivity index (χ2n) is 4.85. The molecule has 2 aromatic carbocycles. The summed E-state index contributed by atoms with van der Waals surface area (Å²) in [6.45, 7) is 3.83. The second-order valence-corrected chi connectivity index (χ2v) is 4.85. The van der Waals surface area contributed by atoms with Crippen LogP contribution in [0.2, 0.25) is 0 Å². The number of para-hydroxylation sites is 1. The summed E-state index contributed by atoms with van der Waals surface area (Å²) in [5.41, 5.74) is 9.26. The molecule has 0 aliphatic heterocycles. The van der Waals surface area contributed by atoms with E-state index in [9.17, 15) is 13.2 Å². The molecule has 0 saturated carbocycles. The second kappa shape index (κ2) is 5.77. The molecule has 0 aromatic heterocycles. The van der Waals surface area contributed by atoms with E-state index in [4.69, 9.17) is 5.73 Å². The molecule has 0 aliphatic rings. The molecule has 0 fully saturated rings. The number of halogens is 3. The quantitative estimate of drug-likeness (QED) is 0.918. The Morgan fingerprint density at radius 1 is 0.952 bits per heavy atom.